The zero-order valence-corrected chi connectivity index (χ0v) is 15.4. The molecule has 4 nitrogen and oxygen atoms in total. The molecule has 136 valence electrons. The van der Waals surface area contributed by atoms with E-state index in [4.69, 9.17) is 9.47 Å². The van der Waals surface area contributed by atoms with E-state index >= 15 is 0 Å². The molecule has 0 amide bonds. The Hall–Kier alpha value is -1.06. The number of unbranched alkanes of at least 4 members (excludes halogenated alkanes) is 6. The molecule has 4 heteroatoms. The van der Waals surface area contributed by atoms with Gasteiger partial charge in [-0.15, -0.1) is 0 Å². The van der Waals surface area contributed by atoms with Gasteiger partial charge in [-0.3, -0.25) is 9.59 Å². The molecule has 1 unspecified atom stereocenters. The summed E-state index contributed by atoms with van der Waals surface area (Å²) in [6, 6.07) is 0. The Morgan fingerprint density at radius 1 is 0.783 bits per heavy atom. The Morgan fingerprint density at radius 2 is 1.39 bits per heavy atom. The molecule has 0 aromatic rings. The summed E-state index contributed by atoms with van der Waals surface area (Å²) in [7, 11) is 0. The van der Waals surface area contributed by atoms with E-state index in [0.717, 1.165) is 38.5 Å². The van der Waals surface area contributed by atoms with Crippen molar-refractivity contribution in [2.45, 2.75) is 104 Å². The molecule has 0 radical (unpaired) electrons. The second kappa shape index (κ2) is 15.8. The second-order valence-electron chi connectivity index (χ2n) is 6.15. The van der Waals surface area contributed by atoms with Gasteiger partial charge < -0.3 is 9.47 Å². The molecule has 23 heavy (non-hydrogen) atoms. The molecule has 0 aromatic heterocycles. The van der Waals surface area contributed by atoms with Crippen LogP contribution in [0.4, 0.5) is 0 Å². The highest BCUT2D eigenvalue weighted by atomic mass is 16.5. The lowest BCUT2D eigenvalue weighted by Crippen LogP contribution is -2.18. The van der Waals surface area contributed by atoms with Crippen molar-refractivity contribution in [3.05, 3.63) is 0 Å². The minimum atomic E-state index is -0.294. The summed E-state index contributed by atoms with van der Waals surface area (Å²) >= 11 is 0. The van der Waals surface area contributed by atoms with E-state index in [0.29, 0.717) is 6.61 Å². The van der Waals surface area contributed by atoms with Crippen LogP contribution in [0.5, 0.6) is 0 Å². The third-order valence-corrected chi connectivity index (χ3v) is 3.93. The van der Waals surface area contributed by atoms with Gasteiger partial charge in [-0.1, -0.05) is 65.7 Å². The van der Waals surface area contributed by atoms with Gasteiger partial charge in [0, 0.05) is 0 Å². The molecule has 1 atom stereocenters. The van der Waals surface area contributed by atoms with Crippen LogP contribution in [-0.2, 0) is 19.1 Å². The number of carbonyl (C=O) groups excluding carboxylic acids is 2. The monoisotopic (exact) mass is 328 g/mol. The fourth-order valence-corrected chi connectivity index (χ4v) is 2.37. The quantitative estimate of drug-likeness (QED) is 0.307. The summed E-state index contributed by atoms with van der Waals surface area (Å²) in [5, 5.41) is 0. The summed E-state index contributed by atoms with van der Waals surface area (Å²) in [6.45, 7) is 6.80. The summed E-state index contributed by atoms with van der Waals surface area (Å²) in [5.74, 6) is -0.582. The minimum absolute atomic E-state index is 0.0124. The Labute approximate surface area is 142 Å². The van der Waals surface area contributed by atoms with Crippen molar-refractivity contribution < 1.29 is 19.1 Å². The van der Waals surface area contributed by atoms with Crippen LogP contribution in [-0.4, -0.2) is 24.6 Å². The summed E-state index contributed by atoms with van der Waals surface area (Å²) in [6.07, 6.45) is 11.1. The van der Waals surface area contributed by atoms with Crippen molar-refractivity contribution in [3.8, 4) is 0 Å². The molecular weight excluding hydrogens is 292 g/mol. The van der Waals surface area contributed by atoms with Gasteiger partial charge in [-0.05, 0) is 19.3 Å². The highest BCUT2D eigenvalue weighted by molar-refractivity contribution is 5.77. The lowest BCUT2D eigenvalue weighted by Gasteiger charge is -2.15. The Balaban J connectivity index is 3.61. The van der Waals surface area contributed by atoms with Crippen molar-refractivity contribution in [2.24, 2.45) is 0 Å². The summed E-state index contributed by atoms with van der Waals surface area (Å²) in [5.41, 5.74) is 0. The van der Waals surface area contributed by atoms with Crippen molar-refractivity contribution in [1.82, 2.24) is 0 Å². The molecule has 0 aromatic carbocycles. The van der Waals surface area contributed by atoms with E-state index in [1.54, 1.807) is 0 Å². The molecule has 0 fully saturated rings. The molecule has 0 bridgehead atoms. The Kier molecular flexibility index (Phi) is 15.1. The average Bonchev–Trinajstić information content (AvgIpc) is 2.55. The molecule has 0 heterocycles. The standard InChI is InChI=1S/C19H36O4/c1-4-7-9-10-11-12-16-22-18(20)14-15-19(21)23-17(6-3)13-8-5-2/h17H,4-16H2,1-3H3. The van der Waals surface area contributed by atoms with E-state index in [1.807, 2.05) is 6.92 Å². The van der Waals surface area contributed by atoms with Gasteiger partial charge in [-0.25, -0.2) is 0 Å². The number of hydrogen-bond acceptors (Lipinski definition) is 4. The zero-order valence-electron chi connectivity index (χ0n) is 15.4. The second-order valence-corrected chi connectivity index (χ2v) is 6.15. The largest absolute Gasteiger partial charge is 0.466 e. The van der Waals surface area contributed by atoms with Gasteiger partial charge in [0.05, 0.1) is 19.4 Å². The van der Waals surface area contributed by atoms with Gasteiger partial charge in [0.25, 0.3) is 0 Å². The maximum absolute atomic E-state index is 11.7. The van der Waals surface area contributed by atoms with Crippen LogP contribution in [0, 0.1) is 0 Å². The Morgan fingerprint density at radius 3 is 2.04 bits per heavy atom. The SMILES string of the molecule is CCCCCCCCOC(=O)CCC(=O)OC(CC)CCCC. The molecular formula is C19H36O4. The normalized spacial score (nSPS) is 12.0. The minimum Gasteiger partial charge on any atom is -0.466 e. The molecule has 0 aliphatic heterocycles. The van der Waals surface area contributed by atoms with Gasteiger partial charge in [0.1, 0.15) is 6.10 Å². The fourth-order valence-electron chi connectivity index (χ4n) is 2.37. The number of carbonyl (C=O) groups is 2. The van der Waals surface area contributed by atoms with Crippen molar-refractivity contribution in [1.29, 1.82) is 0 Å². The predicted octanol–water partition coefficient (Wildman–Crippen LogP) is 5.18. The van der Waals surface area contributed by atoms with Crippen LogP contribution in [0.25, 0.3) is 0 Å². The van der Waals surface area contributed by atoms with Gasteiger partial charge in [0.15, 0.2) is 0 Å². The Bertz CT molecular complexity index is 302. The van der Waals surface area contributed by atoms with Crippen LogP contribution in [0.15, 0.2) is 0 Å². The molecule has 0 aliphatic rings. The average molecular weight is 328 g/mol. The first kappa shape index (κ1) is 21.9. The molecule has 0 spiro atoms. The van der Waals surface area contributed by atoms with E-state index in [1.165, 1.54) is 25.7 Å². The third kappa shape index (κ3) is 14.3. The summed E-state index contributed by atoms with van der Waals surface area (Å²) in [4.78, 5) is 23.3. The van der Waals surface area contributed by atoms with Gasteiger partial charge in [-0.2, -0.15) is 0 Å². The number of hydrogen-bond donors (Lipinski definition) is 0. The van der Waals surface area contributed by atoms with E-state index < -0.39 is 0 Å². The van der Waals surface area contributed by atoms with E-state index in [-0.39, 0.29) is 30.9 Å². The van der Waals surface area contributed by atoms with Gasteiger partial charge >= 0.3 is 11.9 Å². The number of esters is 2. The van der Waals surface area contributed by atoms with E-state index in [2.05, 4.69) is 13.8 Å². The molecule has 0 N–H and O–H groups in total. The van der Waals surface area contributed by atoms with Crippen LogP contribution >= 0.6 is 0 Å². The van der Waals surface area contributed by atoms with Gasteiger partial charge in [0.2, 0.25) is 0 Å². The van der Waals surface area contributed by atoms with Crippen LogP contribution in [0.3, 0.4) is 0 Å². The van der Waals surface area contributed by atoms with Crippen LogP contribution in [0.2, 0.25) is 0 Å². The topological polar surface area (TPSA) is 52.6 Å². The molecule has 0 aliphatic carbocycles. The fraction of sp³-hybridized carbons (Fsp3) is 0.895. The summed E-state index contributed by atoms with van der Waals surface area (Å²) < 4.78 is 10.5. The smallest absolute Gasteiger partial charge is 0.306 e. The number of ether oxygens (including phenoxy) is 2. The first-order valence-electron chi connectivity index (χ1n) is 9.49. The zero-order chi connectivity index (χ0) is 17.3. The van der Waals surface area contributed by atoms with Crippen molar-refractivity contribution >= 4 is 11.9 Å². The number of rotatable bonds is 15. The maximum Gasteiger partial charge on any atom is 0.306 e. The lowest BCUT2D eigenvalue weighted by atomic mass is 10.1. The van der Waals surface area contributed by atoms with Crippen LogP contribution in [0.1, 0.15) is 97.8 Å². The third-order valence-electron chi connectivity index (χ3n) is 3.93. The molecule has 0 saturated carbocycles. The maximum atomic E-state index is 11.7. The van der Waals surface area contributed by atoms with E-state index in [9.17, 15) is 9.59 Å². The highest BCUT2D eigenvalue weighted by Gasteiger charge is 2.14. The molecule has 0 rings (SSSR count). The first-order valence-corrected chi connectivity index (χ1v) is 9.49. The first-order chi connectivity index (χ1) is 11.1. The molecule has 0 saturated heterocycles. The highest BCUT2D eigenvalue weighted by Crippen LogP contribution is 2.10. The lowest BCUT2D eigenvalue weighted by molar-refractivity contribution is -0.154. The van der Waals surface area contributed by atoms with Crippen molar-refractivity contribution in [3.63, 3.8) is 0 Å². The van der Waals surface area contributed by atoms with Crippen molar-refractivity contribution in [2.75, 3.05) is 6.61 Å². The van der Waals surface area contributed by atoms with Crippen LogP contribution < -0.4 is 0 Å². The predicted molar refractivity (Wildman–Crippen MR) is 93.3 cm³/mol.